The Bertz CT molecular complexity index is 740. The van der Waals surface area contributed by atoms with Crippen LogP contribution in [-0.4, -0.2) is 67.6 Å². The number of amides is 3. The van der Waals surface area contributed by atoms with E-state index in [1.54, 1.807) is 6.92 Å². The third-order valence-electron chi connectivity index (χ3n) is 4.06. The second-order valence-electron chi connectivity index (χ2n) is 5.92. The molecule has 158 valence electrons. The van der Waals surface area contributed by atoms with E-state index < -0.39 is 46.4 Å². The van der Waals surface area contributed by atoms with Crippen LogP contribution in [0, 0.1) is 0 Å². The first-order chi connectivity index (χ1) is 13.2. The molecule has 0 radical (unpaired) electrons. The van der Waals surface area contributed by atoms with Crippen LogP contribution in [0.5, 0.6) is 0 Å². The molecule has 0 unspecified atom stereocenters. The predicted octanol–water partition coefficient (Wildman–Crippen LogP) is -0.657. The van der Waals surface area contributed by atoms with Crippen molar-refractivity contribution in [2.75, 3.05) is 13.3 Å². The summed E-state index contributed by atoms with van der Waals surface area (Å²) in [4.78, 5) is 51.9. The molecule has 2 fully saturated rings. The van der Waals surface area contributed by atoms with E-state index in [1.165, 1.54) is 6.92 Å². The van der Waals surface area contributed by atoms with Gasteiger partial charge in [-0.15, -0.1) is 4.28 Å². The highest BCUT2D eigenvalue weighted by Gasteiger charge is 2.49. The Morgan fingerprint density at radius 3 is 2.46 bits per heavy atom. The second kappa shape index (κ2) is 9.16. The van der Waals surface area contributed by atoms with Gasteiger partial charge in [0.1, 0.15) is 6.04 Å². The van der Waals surface area contributed by atoms with Gasteiger partial charge in [0.15, 0.2) is 6.73 Å². The van der Waals surface area contributed by atoms with Gasteiger partial charge in [0.2, 0.25) is 5.91 Å². The number of hydrogen-bond donors (Lipinski definition) is 1. The normalized spacial score (nSPS) is 21.4. The Morgan fingerprint density at radius 2 is 1.82 bits per heavy atom. The number of piperidine rings is 1. The maximum Gasteiger partial charge on any atom is 0.456 e. The van der Waals surface area contributed by atoms with Crippen LogP contribution in [0.15, 0.2) is 0 Å². The van der Waals surface area contributed by atoms with E-state index in [-0.39, 0.29) is 39.0 Å². The maximum absolute atomic E-state index is 12.4. The lowest BCUT2D eigenvalue weighted by molar-refractivity contribution is -0.220. The summed E-state index contributed by atoms with van der Waals surface area (Å²) >= 11 is 0. The molecule has 28 heavy (non-hydrogen) atoms. The lowest BCUT2D eigenvalue weighted by Gasteiger charge is -2.29. The molecule has 2 atom stereocenters. The summed E-state index contributed by atoms with van der Waals surface area (Å²) < 4.78 is 36.8. The largest absolute Gasteiger partial charge is 0.456 e. The van der Waals surface area contributed by atoms with E-state index >= 15 is 0 Å². The van der Waals surface area contributed by atoms with Gasteiger partial charge in [-0.25, -0.2) is 9.59 Å². The predicted molar refractivity (Wildman–Crippen MR) is 87.6 cm³/mol. The molecular weight excluding hydrogens is 402 g/mol. The fourth-order valence-electron chi connectivity index (χ4n) is 2.66. The molecule has 1 N–H and O–H groups in total. The molecule has 3 amide bonds. The lowest BCUT2D eigenvalue weighted by Crippen LogP contribution is -2.50. The van der Waals surface area contributed by atoms with Gasteiger partial charge < -0.3 is 15.0 Å². The minimum Gasteiger partial charge on any atom is -0.444 e. The van der Waals surface area contributed by atoms with Gasteiger partial charge in [0, 0.05) is 19.4 Å². The van der Waals surface area contributed by atoms with Crippen LogP contribution >= 0.6 is 0 Å². The first-order valence-corrected chi connectivity index (χ1v) is 9.88. The van der Waals surface area contributed by atoms with E-state index in [4.69, 9.17) is 4.74 Å². The van der Waals surface area contributed by atoms with Crippen molar-refractivity contribution in [2.45, 2.75) is 51.6 Å². The zero-order valence-corrected chi connectivity index (χ0v) is 16.1. The van der Waals surface area contributed by atoms with Crippen molar-refractivity contribution in [1.82, 2.24) is 15.3 Å². The molecular formula is C14H21N3O10S. The van der Waals surface area contributed by atoms with Crippen molar-refractivity contribution in [3.63, 3.8) is 0 Å². The number of hydrogen-bond acceptors (Lipinski definition) is 10. The summed E-state index contributed by atoms with van der Waals surface area (Å²) in [7, 11) is -4.83. The standard InChI is InChI=1S/C14H21N3O10S/c1-3-11(18)24-8-15-13(20)10-6-5-9-7-16(10)14(21)17(9)26-28(22,23)27-25-12(19)4-2/h9-10H,3-8H2,1-2H3,(H,15,20)/t9-,10+/m1/s1. The Morgan fingerprint density at radius 1 is 1.14 bits per heavy atom. The van der Waals surface area contributed by atoms with Gasteiger partial charge in [-0.3, -0.25) is 14.5 Å². The monoisotopic (exact) mass is 423 g/mol. The molecule has 0 aliphatic carbocycles. The zero-order valence-electron chi connectivity index (χ0n) is 15.3. The first-order valence-electron chi connectivity index (χ1n) is 8.55. The SMILES string of the molecule is CCC(=O)OCNC(=O)[C@@H]1CC[C@@H]2CN1C(=O)N2OS(=O)(=O)OOC(=O)CC. The smallest absolute Gasteiger partial charge is 0.444 e. The van der Waals surface area contributed by atoms with Gasteiger partial charge in [-0.1, -0.05) is 13.8 Å². The van der Waals surface area contributed by atoms with Gasteiger partial charge >= 0.3 is 28.4 Å². The summed E-state index contributed by atoms with van der Waals surface area (Å²) in [5.41, 5.74) is 0. The molecule has 2 aliphatic heterocycles. The van der Waals surface area contributed by atoms with Crippen LogP contribution in [0.25, 0.3) is 0 Å². The van der Waals surface area contributed by atoms with Crippen molar-refractivity contribution in [1.29, 1.82) is 0 Å². The fraction of sp³-hybridized carbons (Fsp3) is 0.714. The third kappa shape index (κ3) is 5.30. The highest BCUT2D eigenvalue weighted by Crippen LogP contribution is 2.31. The van der Waals surface area contributed by atoms with E-state index in [9.17, 15) is 27.6 Å². The second-order valence-corrected chi connectivity index (χ2v) is 7.02. The molecule has 0 aromatic rings. The first kappa shape index (κ1) is 21.8. The number of esters is 1. The molecule has 2 heterocycles. The van der Waals surface area contributed by atoms with Crippen molar-refractivity contribution >= 4 is 34.3 Å². The van der Waals surface area contributed by atoms with Crippen LogP contribution in [0.1, 0.15) is 39.5 Å². The molecule has 0 aromatic carbocycles. The quantitative estimate of drug-likeness (QED) is 0.218. The zero-order chi connectivity index (χ0) is 20.9. The minimum absolute atomic E-state index is 0.0515. The molecule has 2 bridgehead atoms. The topological polar surface area (TPSA) is 158 Å². The number of urea groups is 1. The van der Waals surface area contributed by atoms with Crippen molar-refractivity contribution in [3.05, 3.63) is 0 Å². The van der Waals surface area contributed by atoms with Crippen molar-refractivity contribution in [3.8, 4) is 0 Å². The number of carbonyl (C=O) groups is 4. The average Bonchev–Trinajstić information content (AvgIpc) is 2.90. The van der Waals surface area contributed by atoms with Gasteiger partial charge in [0.25, 0.3) is 0 Å². The molecule has 13 nitrogen and oxygen atoms in total. The Balaban J connectivity index is 1.94. The molecule has 2 saturated heterocycles. The van der Waals surface area contributed by atoms with Crippen molar-refractivity contribution < 1.29 is 45.8 Å². The Kier molecular flexibility index (Phi) is 7.15. The highest BCUT2D eigenvalue weighted by atomic mass is 32.3. The van der Waals surface area contributed by atoms with E-state index in [0.29, 0.717) is 5.06 Å². The fourth-order valence-corrected chi connectivity index (χ4v) is 3.23. The molecule has 0 saturated carbocycles. The number of hydroxylamine groups is 2. The van der Waals surface area contributed by atoms with Crippen LogP contribution in [0.2, 0.25) is 0 Å². The Labute approximate surface area is 161 Å². The summed E-state index contributed by atoms with van der Waals surface area (Å²) in [5.74, 6) is -1.98. The molecule has 0 spiro atoms. The Hall–Kier alpha value is -2.45. The average molecular weight is 423 g/mol. The minimum atomic E-state index is -4.83. The van der Waals surface area contributed by atoms with Crippen LogP contribution in [0.4, 0.5) is 4.79 Å². The number of fused-ring (bicyclic) bond motifs is 2. The highest BCUT2D eigenvalue weighted by molar-refractivity contribution is 7.81. The number of nitrogens with zero attached hydrogens (tertiary/aromatic N) is 2. The van der Waals surface area contributed by atoms with Crippen molar-refractivity contribution in [2.24, 2.45) is 0 Å². The molecule has 14 heteroatoms. The van der Waals surface area contributed by atoms with Crippen LogP contribution in [0.3, 0.4) is 0 Å². The number of ether oxygens (including phenoxy) is 1. The van der Waals surface area contributed by atoms with Gasteiger partial charge in [-0.2, -0.15) is 13.5 Å². The summed E-state index contributed by atoms with van der Waals surface area (Å²) in [6, 6.07) is -2.36. The third-order valence-corrected chi connectivity index (χ3v) is 4.64. The maximum atomic E-state index is 12.4. The molecule has 0 aromatic heterocycles. The summed E-state index contributed by atoms with van der Waals surface area (Å²) in [5, 5.41) is 2.96. The van der Waals surface area contributed by atoms with Gasteiger partial charge in [-0.05, 0) is 17.2 Å². The molecule has 2 aliphatic rings. The lowest BCUT2D eigenvalue weighted by atomic mass is 10.0. The van der Waals surface area contributed by atoms with Gasteiger partial charge in [0.05, 0.1) is 6.04 Å². The summed E-state index contributed by atoms with van der Waals surface area (Å²) in [6.45, 7) is 2.74. The number of rotatable bonds is 9. The van der Waals surface area contributed by atoms with E-state index in [1.807, 2.05) is 0 Å². The van der Waals surface area contributed by atoms with Crippen LogP contribution < -0.4 is 5.32 Å². The van der Waals surface area contributed by atoms with E-state index in [0.717, 1.165) is 4.90 Å². The number of nitrogens with one attached hydrogen (secondary N) is 1. The molecule has 2 rings (SSSR count). The van der Waals surface area contributed by atoms with E-state index in [2.05, 4.69) is 18.8 Å². The number of carbonyl (C=O) groups excluding carboxylic acids is 4. The van der Waals surface area contributed by atoms with Crippen LogP contribution in [-0.2, 0) is 43.0 Å². The summed E-state index contributed by atoms with van der Waals surface area (Å²) in [6.07, 6.45) is 0.551.